The molecular weight excluding hydrogens is 276 g/mol. The van der Waals surface area contributed by atoms with Gasteiger partial charge in [-0.2, -0.15) is 0 Å². The third-order valence-electron chi connectivity index (χ3n) is 3.63. The Morgan fingerprint density at radius 3 is 2.53 bits per heavy atom. The van der Waals surface area contributed by atoms with Crippen LogP contribution in [0.25, 0.3) is 0 Å². The Kier molecular flexibility index (Phi) is 4.60. The Labute approximate surface area is 112 Å². The largest absolute Gasteiger partial charge is 0.328 e. The lowest BCUT2D eigenvalue weighted by Gasteiger charge is -2.30. The van der Waals surface area contributed by atoms with E-state index in [0.717, 1.165) is 12.8 Å². The molecule has 0 saturated heterocycles. The zero-order valence-electron chi connectivity index (χ0n) is 10.3. The van der Waals surface area contributed by atoms with Crippen LogP contribution in [0.3, 0.4) is 0 Å². The summed E-state index contributed by atoms with van der Waals surface area (Å²) in [6, 6.07) is 9.86. The fourth-order valence-electron chi connectivity index (χ4n) is 2.56. The van der Waals surface area contributed by atoms with E-state index in [1.165, 1.54) is 22.9 Å². The van der Waals surface area contributed by atoms with Gasteiger partial charge in [0.2, 0.25) is 0 Å². The van der Waals surface area contributed by atoms with Crippen LogP contribution >= 0.6 is 15.9 Å². The molecule has 1 aromatic carbocycles. The van der Waals surface area contributed by atoms with Gasteiger partial charge in [-0.25, -0.2) is 0 Å². The molecule has 0 amide bonds. The number of benzene rings is 1. The van der Waals surface area contributed by atoms with E-state index in [9.17, 15) is 0 Å². The normalized spacial score (nSPS) is 26.8. The van der Waals surface area contributed by atoms with Crippen molar-refractivity contribution in [3.63, 3.8) is 0 Å². The summed E-state index contributed by atoms with van der Waals surface area (Å²) in [5.41, 5.74) is 7.26. The van der Waals surface area contributed by atoms with Gasteiger partial charge in [-0.05, 0) is 44.2 Å². The smallest absolute Gasteiger partial charge is 0.0305 e. The highest BCUT2D eigenvalue weighted by molar-refractivity contribution is 9.10. The van der Waals surface area contributed by atoms with Crippen molar-refractivity contribution in [1.82, 2.24) is 5.32 Å². The first-order valence-corrected chi connectivity index (χ1v) is 7.22. The van der Waals surface area contributed by atoms with Crippen LogP contribution in [0.2, 0.25) is 0 Å². The molecule has 0 spiro atoms. The lowest BCUT2D eigenvalue weighted by molar-refractivity contribution is 0.322. The van der Waals surface area contributed by atoms with Gasteiger partial charge in [-0.3, -0.25) is 0 Å². The summed E-state index contributed by atoms with van der Waals surface area (Å²) in [4.78, 5) is 0. The van der Waals surface area contributed by atoms with Crippen molar-refractivity contribution in [1.29, 1.82) is 0 Å². The summed E-state index contributed by atoms with van der Waals surface area (Å²) < 4.78 is 1.19. The van der Waals surface area contributed by atoms with Gasteiger partial charge in [0.15, 0.2) is 0 Å². The minimum Gasteiger partial charge on any atom is -0.328 e. The Balaban J connectivity index is 1.93. The van der Waals surface area contributed by atoms with Crippen molar-refractivity contribution in [2.75, 3.05) is 0 Å². The van der Waals surface area contributed by atoms with Gasteiger partial charge in [0.05, 0.1) is 0 Å². The maximum atomic E-state index is 5.93. The maximum absolute atomic E-state index is 5.93. The Morgan fingerprint density at radius 1 is 1.24 bits per heavy atom. The molecular formula is C14H21BrN2. The van der Waals surface area contributed by atoms with Crippen molar-refractivity contribution in [2.24, 2.45) is 5.73 Å². The molecule has 1 aromatic rings. The quantitative estimate of drug-likeness (QED) is 0.897. The monoisotopic (exact) mass is 296 g/mol. The first-order chi connectivity index (χ1) is 8.16. The van der Waals surface area contributed by atoms with E-state index in [0.29, 0.717) is 18.1 Å². The van der Waals surface area contributed by atoms with Crippen molar-refractivity contribution in [3.8, 4) is 0 Å². The Hall–Kier alpha value is -0.380. The van der Waals surface area contributed by atoms with E-state index in [1.807, 2.05) is 0 Å². The van der Waals surface area contributed by atoms with Crippen molar-refractivity contribution >= 4 is 15.9 Å². The summed E-state index contributed by atoms with van der Waals surface area (Å²) in [6.45, 7) is 2.23. The molecule has 1 atom stereocenters. The van der Waals surface area contributed by atoms with Crippen LogP contribution in [0.15, 0.2) is 28.7 Å². The molecule has 3 N–H and O–H groups in total. The molecule has 1 saturated carbocycles. The van der Waals surface area contributed by atoms with Crippen LogP contribution < -0.4 is 11.1 Å². The van der Waals surface area contributed by atoms with Crippen LogP contribution in [-0.4, -0.2) is 12.1 Å². The molecule has 0 unspecified atom stereocenters. The molecule has 0 aromatic heterocycles. The molecule has 0 aliphatic heterocycles. The van der Waals surface area contributed by atoms with Gasteiger partial charge < -0.3 is 11.1 Å². The average molecular weight is 297 g/mol. The molecule has 1 fully saturated rings. The molecule has 3 heteroatoms. The van der Waals surface area contributed by atoms with E-state index in [-0.39, 0.29) is 0 Å². The zero-order valence-corrected chi connectivity index (χ0v) is 11.9. The van der Waals surface area contributed by atoms with E-state index in [2.05, 4.69) is 52.4 Å². The van der Waals surface area contributed by atoms with Crippen LogP contribution in [0, 0.1) is 0 Å². The van der Waals surface area contributed by atoms with Crippen LogP contribution in [0.5, 0.6) is 0 Å². The van der Waals surface area contributed by atoms with E-state index >= 15 is 0 Å². The Bertz CT molecular complexity index is 359. The third-order valence-corrected chi connectivity index (χ3v) is 4.35. The highest BCUT2D eigenvalue weighted by atomic mass is 79.9. The van der Waals surface area contributed by atoms with Gasteiger partial charge in [0.25, 0.3) is 0 Å². The zero-order chi connectivity index (χ0) is 12.3. The lowest BCUT2D eigenvalue weighted by atomic mass is 9.91. The Morgan fingerprint density at radius 2 is 1.88 bits per heavy atom. The SMILES string of the molecule is C[C@H](NC1CCC(N)CC1)c1ccccc1Br. The van der Waals surface area contributed by atoms with Gasteiger partial charge >= 0.3 is 0 Å². The van der Waals surface area contributed by atoms with Crippen molar-refractivity contribution in [2.45, 2.75) is 50.7 Å². The first kappa shape index (κ1) is 13.1. The molecule has 17 heavy (non-hydrogen) atoms. The lowest BCUT2D eigenvalue weighted by Crippen LogP contribution is -2.38. The topological polar surface area (TPSA) is 38.0 Å². The fraction of sp³-hybridized carbons (Fsp3) is 0.571. The van der Waals surface area contributed by atoms with Crippen LogP contribution in [0.1, 0.15) is 44.2 Å². The standard InChI is InChI=1S/C14H21BrN2/c1-10(13-4-2-3-5-14(13)15)17-12-8-6-11(16)7-9-12/h2-5,10-12,17H,6-9,16H2,1H3/t10-,11?,12?/m0/s1. The van der Waals surface area contributed by atoms with Crippen molar-refractivity contribution < 1.29 is 0 Å². The van der Waals surface area contributed by atoms with Gasteiger partial charge in [-0.15, -0.1) is 0 Å². The predicted octanol–water partition coefficient (Wildman–Crippen LogP) is 3.37. The molecule has 1 aliphatic carbocycles. The van der Waals surface area contributed by atoms with Crippen LogP contribution in [0.4, 0.5) is 0 Å². The summed E-state index contributed by atoms with van der Waals surface area (Å²) in [5.74, 6) is 0. The highest BCUT2D eigenvalue weighted by Crippen LogP contribution is 2.25. The van der Waals surface area contributed by atoms with Crippen LogP contribution in [-0.2, 0) is 0 Å². The average Bonchev–Trinajstić information content (AvgIpc) is 2.32. The first-order valence-electron chi connectivity index (χ1n) is 6.43. The second-order valence-electron chi connectivity index (χ2n) is 5.02. The molecule has 2 nitrogen and oxygen atoms in total. The number of hydrogen-bond acceptors (Lipinski definition) is 2. The maximum Gasteiger partial charge on any atom is 0.0305 e. The second kappa shape index (κ2) is 5.98. The minimum absolute atomic E-state index is 0.393. The predicted molar refractivity (Wildman–Crippen MR) is 75.9 cm³/mol. The minimum atomic E-state index is 0.393. The number of nitrogens with one attached hydrogen (secondary N) is 1. The van der Waals surface area contributed by atoms with E-state index in [1.54, 1.807) is 0 Å². The second-order valence-corrected chi connectivity index (χ2v) is 5.88. The molecule has 0 heterocycles. The van der Waals surface area contributed by atoms with Gasteiger partial charge in [-0.1, -0.05) is 34.1 Å². The summed E-state index contributed by atoms with van der Waals surface area (Å²) >= 11 is 3.61. The molecule has 2 rings (SSSR count). The molecule has 94 valence electrons. The fourth-order valence-corrected chi connectivity index (χ4v) is 3.18. The number of hydrogen-bond donors (Lipinski definition) is 2. The third kappa shape index (κ3) is 3.54. The van der Waals surface area contributed by atoms with Gasteiger partial charge in [0, 0.05) is 22.6 Å². The van der Waals surface area contributed by atoms with Gasteiger partial charge in [0.1, 0.15) is 0 Å². The van der Waals surface area contributed by atoms with Crippen molar-refractivity contribution in [3.05, 3.63) is 34.3 Å². The number of nitrogens with two attached hydrogens (primary N) is 1. The summed E-state index contributed by atoms with van der Waals surface area (Å²) in [5, 5.41) is 3.71. The summed E-state index contributed by atoms with van der Waals surface area (Å²) in [6.07, 6.45) is 4.71. The number of halogens is 1. The number of rotatable bonds is 3. The summed E-state index contributed by atoms with van der Waals surface area (Å²) in [7, 11) is 0. The molecule has 1 aliphatic rings. The van der Waals surface area contributed by atoms with E-state index in [4.69, 9.17) is 5.73 Å². The molecule has 0 bridgehead atoms. The van der Waals surface area contributed by atoms with E-state index < -0.39 is 0 Å². The molecule has 0 radical (unpaired) electrons. The highest BCUT2D eigenvalue weighted by Gasteiger charge is 2.20.